The Morgan fingerprint density at radius 2 is 1.50 bits per heavy atom. The van der Waals surface area contributed by atoms with Crippen molar-refractivity contribution in [1.82, 2.24) is 0 Å². The molecular weight excluding hydrogens is 298 g/mol. The van der Waals surface area contributed by atoms with Crippen LogP contribution in [-0.4, -0.2) is 43.3 Å². The van der Waals surface area contributed by atoms with E-state index in [-0.39, 0.29) is 5.69 Å². The molecule has 22 heavy (non-hydrogen) atoms. The Hall–Kier alpha value is -2.52. The van der Waals surface area contributed by atoms with Gasteiger partial charge in [0.05, 0.1) is 19.1 Å². The average Bonchev–Trinajstić information content (AvgIpc) is 2.98. The third-order valence-electron chi connectivity index (χ3n) is 3.06. The highest BCUT2D eigenvalue weighted by Gasteiger charge is 2.47. The van der Waals surface area contributed by atoms with Gasteiger partial charge in [0.15, 0.2) is 18.5 Å². The number of carbonyl (C=O) groups excluding carboxylic acids is 2. The summed E-state index contributed by atoms with van der Waals surface area (Å²) in [4.78, 5) is 33.3. The number of hydrogen-bond acceptors (Lipinski definition) is 8. The number of carbonyl (C=O) groups is 2. The molecule has 118 valence electrons. The molecule has 1 aromatic rings. The van der Waals surface area contributed by atoms with Crippen molar-refractivity contribution in [3.63, 3.8) is 0 Å². The molecule has 2 unspecified atom stereocenters. The molecule has 2 atom stereocenters. The normalized spacial score (nSPS) is 23.8. The quantitative estimate of drug-likeness (QED) is 0.454. The topological polar surface area (TPSA) is 114 Å². The summed E-state index contributed by atoms with van der Waals surface area (Å²) in [5.74, 6) is -1.56. The van der Waals surface area contributed by atoms with Gasteiger partial charge in [-0.1, -0.05) is 0 Å². The predicted octanol–water partition coefficient (Wildman–Crippen LogP) is 0.723. The van der Waals surface area contributed by atoms with Crippen LogP contribution in [-0.2, 0) is 28.5 Å². The molecule has 0 radical (unpaired) electrons. The molecule has 1 saturated heterocycles. The van der Waals surface area contributed by atoms with Crippen molar-refractivity contribution >= 4 is 17.6 Å². The molecule has 0 aromatic heterocycles. The van der Waals surface area contributed by atoms with E-state index in [1.807, 2.05) is 0 Å². The van der Waals surface area contributed by atoms with Crippen LogP contribution in [0.2, 0.25) is 0 Å². The second kappa shape index (κ2) is 6.50. The number of hydrogen-bond donors (Lipinski definition) is 0. The first-order valence-corrected chi connectivity index (χ1v) is 6.19. The molecule has 1 fully saturated rings. The minimum Gasteiger partial charge on any atom is -0.467 e. The predicted molar refractivity (Wildman–Crippen MR) is 69.6 cm³/mol. The highest BCUT2D eigenvalue weighted by atomic mass is 16.8. The second-order valence-corrected chi connectivity index (χ2v) is 4.34. The van der Waals surface area contributed by atoms with E-state index in [0.717, 1.165) is 14.2 Å². The van der Waals surface area contributed by atoms with E-state index in [9.17, 15) is 19.7 Å². The summed E-state index contributed by atoms with van der Waals surface area (Å²) in [5, 5.41) is 10.6. The summed E-state index contributed by atoms with van der Waals surface area (Å²) in [6, 6.07) is 5.36. The van der Waals surface area contributed by atoms with E-state index < -0.39 is 35.4 Å². The number of methoxy groups -OCH3 is 2. The maximum Gasteiger partial charge on any atom is 0.338 e. The lowest BCUT2D eigenvalue weighted by atomic mass is 10.2. The highest BCUT2D eigenvalue weighted by Crippen LogP contribution is 2.33. The first kappa shape index (κ1) is 15.9. The van der Waals surface area contributed by atoms with E-state index in [4.69, 9.17) is 9.47 Å². The van der Waals surface area contributed by atoms with E-state index in [1.165, 1.54) is 24.3 Å². The Morgan fingerprint density at radius 1 is 1.05 bits per heavy atom. The van der Waals surface area contributed by atoms with Gasteiger partial charge >= 0.3 is 11.9 Å². The van der Waals surface area contributed by atoms with Crippen LogP contribution in [0, 0.1) is 10.1 Å². The van der Waals surface area contributed by atoms with E-state index >= 15 is 0 Å². The van der Waals surface area contributed by atoms with Crippen molar-refractivity contribution in [1.29, 1.82) is 0 Å². The third kappa shape index (κ3) is 3.05. The average molecular weight is 311 g/mol. The molecule has 9 nitrogen and oxygen atoms in total. The Labute approximate surface area is 124 Å². The number of non-ortho nitro benzene ring substituents is 1. The fourth-order valence-corrected chi connectivity index (χ4v) is 1.94. The molecule has 0 saturated carbocycles. The molecule has 0 N–H and O–H groups in total. The van der Waals surface area contributed by atoms with E-state index in [1.54, 1.807) is 0 Å². The van der Waals surface area contributed by atoms with Crippen molar-refractivity contribution in [2.24, 2.45) is 0 Å². The zero-order valence-electron chi connectivity index (χ0n) is 11.8. The van der Waals surface area contributed by atoms with Gasteiger partial charge in [-0.15, -0.1) is 0 Å². The van der Waals surface area contributed by atoms with Gasteiger partial charge in [0.2, 0.25) is 0 Å². The zero-order chi connectivity index (χ0) is 16.3. The molecule has 0 bridgehead atoms. The number of rotatable bonds is 4. The maximum absolute atomic E-state index is 11.6. The van der Waals surface area contributed by atoms with Crippen molar-refractivity contribution < 1.29 is 33.5 Å². The summed E-state index contributed by atoms with van der Waals surface area (Å²) >= 11 is 0. The van der Waals surface area contributed by atoms with Gasteiger partial charge in [0.25, 0.3) is 5.69 Å². The third-order valence-corrected chi connectivity index (χ3v) is 3.06. The highest BCUT2D eigenvalue weighted by molar-refractivity contribution is 5.86. The smallest absolute Gasteiger partial charge is 0.338 e. The molecule has 9 heteroatoms. The van der Waals surface area contributed by atoms with Crippen molar-refractivity contribution in [2.75, 3.05) is 14.2 Å². The largest absolute Gasteiger partial charge is 0.467 e. The van der Waals surface area contributed by atoms with Crippen LogP contribution in [0.15, 0.2) is 24.3 Å². The molecule has 1 aromatic carbocycles. The number of nitro benzene ring substituents is 1. The number of nitro groups is 1. The van der Waals surface area contributed by atoms with Gasteiger partial charge in [-0.25, -0.2) is 9.59 Å². The van der Waals surface area contributed by atoms with Crippen molar-refractivity contribution in [3.8, 4) is 0 Å². The summed E-state index contributed by atoms with van der Waals surface area (Å²) < 4.78 is 19.8. The lowest BCUT2D eigenvalue weighted by molar-refractivity contribution is -0.384. The van der Waals surface area contributed by atoms with Gasteiger partial charge in [-0.05, 0) is 12.1 Å². The molecule has 2 rings (SSSR count). The van der Waals surface area contributed by atoms with Gasteiger partial charge < -0.3 is 18.9 Å². The van der Waals surface area contributed by atoms with Crippen LogP contribution >= 0.6 is 0 Å². The number of esters is 2. The molecular formula is C13H13NO8. The molecule has 1 heterocycles. The van der Waals surface area contributed by atoms with Gasteiger partial charge in [-0.2, -0.15) is 0 Å². The Kier molecular flexibility index (Phi) is 4.68. The monoisotopic (exact) mass is 311 g/mol. The molecule has 0 aliphatic carbocycles. The van der Waals surface area contributed by atoms with Gasteiger partial charge in [0, 0.05) is 17.7 Å². The summed E-state index contributed by atoms with van der Waals surface area (Å²) in [6.07, 6.45) is -3.57. The number of nitrogens with zero attached hydrogens (tertiary/aromatic N) is 1. The number of benzene rings is 1. The van der Waals surface area contributed by atoms with E-state index in [2.05, 4.69) is 9.47 Å². The van der Waals surface area contributed by atoms with Crippen molar-refractivity contribution in [2.45, 2.75) is 18.5 Å². The van der Waals surface area contributed by atoms with Crippen LogP contribution in [0.4, 0.5) is 5.69 Å². The first-order chi connectivity index (χ1) is 10.5. The molecule has 0 amide bonds. The van der Waals surface area contributed by atoms with Crippen LogP contribution in [0.25, 0.3) is 0 Å². The SMILES string of the molecule is COC(=O)C1OC(c2ccc([N+](=O)[O-])cc2)OC1C(=O)OC. The minimum absolute atomic E-state index is 0.101. The molecule has 1 aliphatic rings. The Balaban J connectivity index is 2.21. The summed E-state index contributed by atoms with van der Waals surface area (Å²) in [6.45, 7) is 0. The molecule has 0 spiro atoms. The lowest BCUT2D eigenvalue weighted by Gasteiger charge is -2.11. The Bertz CT molecular complexity index is 560. The maximum atomic E-state index is 11.6. The van der Waals surface area contributed by atoms with Crippen LogP contribution < -0.4 is 0 Å². The summed E-state index contributed by atoms with van der Waals surface area (Å²) in [7, 11) is 2.30. The Morgan fingerprint density at radius 3 is 1.86 bits per heavy atom. The van der Waals surface area contributed by atoms with Crippen LogP contribution in [0.5, 0.6) is 0 Å². The number of ether oxygens (including phenoxy) is 4. The van der Waals surface area contributed by atoms with Gasteiger partial charge in [0.1, 0.15) is 0 Å². The molecule has 1 aliphatic heterocycles. The first-order valence-electron chi connectivity index (χ1n) is 6.19. The second-order valence-electron chi connectivity index (χ2n) is 4.34. The summed E-state index contributed by atoms with van der Waals surface area (Å²) in [5.41, 5.74) is 0.321. The van der Waals surface area contributed by atoms with E-state index in [0.29, 0.717) is 5.56 Å². The van der Waals surface area contributed by atoms with Crippen LogP contribution in [0.3, 0.4) is 0 Å². The fourth-order valence-electron chi connectivity index (χ4n) is 1.94. The fraction of sp³-hybridized carbons (Fsp3) is 0.385. The minimum atomic E-state index is -1.27. The lowest BCUT2D eigenvalue weighted by Crippen LogP contribution is -2.38. The zero-order valence-corrected chi connectivity index (χ0v) is 11.8. The van der Waals surface area contributed by atoms with Crippen molar-refractivity contribution in [3.05, 3.63) is 39.9 Å². The van der Waals surface area contributed by atoms with Gasteiger partial charge in [-0.3, -0.25) is 10.1 Å². The standard InChI is InChI=1S/C13H13NO8/c1-19-11(15)9-10(12(16)20-2)22-13(21-9)7-3-5-8(6-4-7)14(17)18/h3-6,9-10,13H,1-2H3. The van der Waals surface area contributed by atoms with Crippen LogP contribution in [0.1, 0.15) is 11.9 Å².